The van der Waals surface area contributed by atoms with Gasteiger partial charge < -0.3 is 0 Å². The van der Waals surface area contributed by atoms with Crippen LogP contribution in [0.3, 0.4) is 0 Å². The second kappa shape index (κ2) is 13.2. The Balaban J connectivity index is 1.16. The average Bonchev–Trinajstić information content (AvgIpc) is 2.90. The highest BCUT2D eigenvalue weighted by molar-refractivity contribution is 5.67. The van der Waals surface area contributed by atoms with Gasteiger partial charge in [0, 0.05) is 5.56 Å². The summed E-state index contributed by atoms with van der Waals surface area (Å²) < 4.78 is 28.5. The standard InChI is InChI=1S/C33H48F2/c1-3-4-5-6-7-8-9-25-11-13-26(14-12-25)27-15-17-28(18-16-27)29-19-21-30(22-20-29)31-23-10-24(2)32(34)33(31)35/h3,10,21,23,25-29H,1,4-9,11-20,22H2,2H3. The Bertz CT molecular complexity index is 837. The molecule has 1 aromatic rings. The van der Waals surface area contributed by atoms with Crippen molar-refractivity contribution in [2.45, 2.75) is 116 Å². The van der Waals surface area contributed by atoms with Crippen LogP contribution in [0.25, 0.3) is 5.57 Å². The summed E-state index contributed by atoms with van der Waals surface area (Å²) in [6, 6.07) is 3.48. The Morgan fingerprint density at radius 3 is 2.03 bits per heavy atom. The Kier molecular flexibility index (Phi) is 10.0. The first-order valence-electron chi connectivity index (χ1n) is 14.8. The number of aryl methyl sites for hydroxylation is 1. The average molecular weight is 483 g/mol. The summed E-state index contributed by atoms with van der Waals surface area (Å²) in [5.41, 5.74) is 1.89. The van der Waals surface area contributed by atoms with Gasteiger partial charge in [0.05, 0.1) is 0 Å². The Labute approximate surface area is 213 Å². The van der Waals surface area contributed by atoms with Crippen molar-refractivity contribution in [2.75, 3.05) is 0 Å². The van der Waals surface area contributed by atoms with Crippen LogP contribution in [0.2, 0.25) is 0 Å². The third-order valence-corrected chi connectivity index (χ3v) is 9.88. The molecule has 0 saturated heterocycles. The normalized spacial score (nSPS) is 29.6. The van der Waals surface area contributed by atoms with E-state index in [0.717, 1.165) is 54.4 Å². The van der Waals surface area contributed by atoms with E-state index < -0.39 is 11.6 Å². The number of halogens is 2. The first-order valence-corrected chi connectivity index (χ1v) is 14.8. The fourth-order valence-corrected chi connectivity index (χ4v) is 7.53. The van der Waals surface area contributed by atoms with Gasteiger partial charge in [-0.25, -0.2) is 8.78 Å². The van der Waals surface area contributed by atoms with Crippen LogP contribution in [-0.4, -0.2) is 0 Å². The second-order valence-electron chi connectivity index (χ2n) is 12.1. The van der Waals surface area contributed by atoms with Crippen LogP contribution in [-0.2, 0) is 0 Å². The minimum absolute atomic E-state index is 0.390. The lowest BCUT2D eigenvalue weighted by molar-refractivity contribution is 0.120. The van der Waals surface area contributed by atoms with Gasteiger partial charge in [0.15, 0.2) is 11.6 Å². The van der Waals surface area contributed by atoms with E-state index in [4.69, 9.17) is 0 Å². The van der Waals surface area contributed by atoms with Crippen molar-refractivity contribution < 1.29 is 8.78 Å². The maximum absolute atomic E-state index is 14.4. The molecule has 0 aromatic heterocycles. The van der Waals surface area contributed by atoms with Gasteiger partial charge in [0.25, 0.3) is 0 Å². The fourth-order valence-electron chi connectivity index (χ4n) is 7.53. The van der Waals surface area contributed by atoms with E-state index in [0.29, 0.717) is 11.1 Å². The van der Waals surface area contributed by atoms with Crippen LogP contribution in [0.15, 0.2) is 30.9 Å². The summed E-state index contributed by atoms with van der Waals surface area (Å²) in [6.07, 6.45) is 27.0. The van der Waals surface area contributed by atoms with E-state index >= 15 is 0 Å². The maximum atomic E-state index is 14.4. The summed E-state index contributed by atoms with van der Waals surface area (Å²) in [6.45, 7) is 5.45. The predicted octanol–water partition coefficient (Wildman–Crippen LogP) is 10.6. The smallest absolute Gasteiger partial charge is 0.166 e. The molecule has 0 amide bonds. The molecule has 0 bridgehead atoms. The molecule has 0 N–H and O–H groups in total. The molecule has 4 rings (SSSR count). The number of benzene rings is 1. The molecule has 0 heterocycles. The summed E-state index contributed by atoms with van der Waals surface area (Å²) in [4.78, 5) is 0. The zero-order chi connectivity index (χ0) is 24.6. The van der Waals surface area contributed by atoms with E-state index in [2.05, 4.69) is 18.7 Å². The van der Waals surface area contributed by atoms with Crippen LogP contribution in [0.5, 0.6) is 0 Å². The van der Waals surface area contributed by atoms with Crippen molar-refractivity contribution in [3.05, 3.63) is 53.6 Å². The third-order valence-electron chi connectivity index (χ3n) is 9.88. The van der Waals surface area contributed by atoms with E-state index in [1.807, 2.05) is 0 Å². The minimum atomic E-state index is -0.683. The highest BCUT2D eigenvalue weighted by Gasteiger charge is 2.34. The molecule has 0 aliphatic heterocycles. The van der Waals surface area contributed by atoms with Crippen LogP contribution >= 0.6 is 0 Å². The molecular formula is C33H48F2. The Hall–Kier alpha value is -1.44. The molecule has 0 radical (unpaired) electrons. The topological polar surface area (TPSA) is 0 Å². The zero-order valence-electron chi connectivity index (χ0n) is 22.2. The lowest BCUT2D eigenvalue weighted by Gasteiger charge is -2.40. The summed E-state index contributed by atoms with van der Waals surface area (Å²) in [5, 5.41) is 0. The monoisotopic (exact) mass is 482 g/mol. The van der Waals surface area contributed by atoms with Gasteiger partial charge in [-0.1, -0.05) is 62.8 Å². The van der Waals surface area contributed by atoms with Crippen LogP contribution in [0, 0.1) is 48.1 Å². The number of hydrogen-bond donors (Lipinski definition) is 0. The van der Waals surface area contributed by atoms with Crippen molar-refractivity contribution in [1.29, 1.82) is 0 Å². The SMILES string of the molecule is C=CCCCCCCC1CCC(C2CCC(C3CC=C(c4ccc(C)c(F)c4F)CC3)CC2)CC1. The largest absolute Gasteiger partial charge is 0.203 e. The lowest BCUT2D eigenvalue weighted by Crippen LogP contribution is -2.28. The quantitative estimate of drug-likeness (QED) is 0.230. The molecule has 1 unspecified atom stereocenters. The molecule has 1 aromatic carbocycles. The van der Waals surface area contributed by atoms with Crippen LogP contribution in [0.1, 0.15) is 120 Å². The van der Waals surface area contributed by atoms with Gasteiger partial charge in [-0.15, -0.1) is 6.58 Å². The minimum Gasteiger partial charge on any atom is -0.203 e. The maximum Gasteiger partial charge on any atom is 0.166 e. The van der Waals surface area contributed by atoms with Crippen molar-refractivity contribution in [2.24, 2.45) is 29.6 Å². The fraction of sp³-hybridized carbons (Fsp3) is 0.697. The van der Waals surface area contributed by atoms with Crippen molar-refractivity contribution >= 4 is 5.57 Å². The summed E-state index contributed by atoms with van der Waals surface area (Å²) >= 11 is 0. The van der Waals surface area contributed by atoms with E-state index in [1.54, 1.807) is 19.1 Å². The highest BCUT2D eigenvalue weighted by Crippen LogP contribution is 2.46. The predicted molar refractivity (Wildman–Crippen MR) is 145 cm³/mol. The Morgan fingerprint density at radius 2 is 1.40 bits per heavy atom. The number of rotatable bonds is 10. The van der Waals surface area contributed by atoms with Crippen molar-refractivity contribution in [3.8, 4) is 0 Å². The van der Waals surface area contributed by atoms with Gasteiger partial charge in [-0.3, -0.25) is 0 Å². The second-order valence-corrected chi connectivity index (χ2v) is 12.1. The molecule has 2 saturated carbocycles. The molecule has 3 aliphatic carbocycles. The van der Waals surface area contributed by atoms with Gasteiger partial charge in [0.2, 0.25) is 0 Å². The summed E-state index contributed by atoms with van der Waals surface area (Å²) in [7, 11) is 0. The number of hydrogen-bond acceptors (Lipinski definition) is 0. The van der Waals surface area contributed by atoms with Crippen LogP contribution in [0.4, 0.5) is 8.78 Å². The Morgan fingerprint density at radius 1 is 0.771 bits per heavy atom. The van der Waals surface area contributed by atoms with Gasteiger partial charge in [0.1, 0.15) is 0 Å². The zero-order valence-corrected chi connectivity index (χ0v) is 22.2. The van der Waals surface area contributed by atoms with Gasteiger partial charge in [-0.2, -0.15) is 0 Å². The molecule has 2 heteroatoms. The summed E-state index contributed by atoms with van der Waals surface area (Å²) in [5.74, 6) is 3.17. The first-order chi connectivity index (χ1) is 17.1. The molecule has 0 nitrogen and oxygen atoms in total. The molecule has 3 aliphatic rings. The molecule has 35 heavy (non-hydrogen) atoms. The third kappa shape index (κ3) is 7.07. The van der Waals surface area contributed by atoms with Crippen LogP contribution < -0.4 is 0 Å². The van der Waals surface area contributed by atoms with Crippen molar-refractivity contribution in [1.82, 2.24) is 0 Å². The molecular weight excluding hydrogens is 434 g/mol. The number of allylic oxidation sites excluding steroid dienone is 3. The molecule has 0 spiro atoms. The van der Waals surface area contributed by atoms with E-state index in [1.165, 1.54) is 89.9 Å². The van der Waals surface area contributed by atoms with Crippen molar-refractivity contribution in [3.63, 3.8) is 0 Å². The van der Waals surface area contributed by atoms with Gasteiger partial charge >= 0.3 is 0 Å². The highest BCUT2D eigenvalue weighted by atomic mass is 19.2. The lowest BCUT2D eigenvalue weighted by atomic mass is 9.65. The molecule has 194 valence electrons. The van der Waals surface area contributed by atoms with E-state index in [-0.39, 0.29) is 0 Å². The number of unbranched alkanes of at least 4 members (excludes halogenated alkanes) is 4. The van der Waals surface area contributed by atoms with E-state index in [9.17, 15) is 8.78 Å². The first kappa shape index (κ1) is 26.6. The van der Waals surface area contributed by atoms with Gasteiger partial charge in [-0.05, 0) is 118 Å². The molecule has 2 fully saturated rings. The molecule has 1 atom stereocenters.